The summed E-state index contributed by atoms with van der Waals surface area (Å²) in [6, 6.07) is 0. The van der Waals surface area contributed by atoms with E-state index in [1.54, 1.807) is 0 Å². The van der Waals surface area contributed by atoms with E-state index in [1.165, 1.54) is 5.32 Å². The minimum absolute atomic E-state index is 0.212. The number of carboxylic acid groups (broad SMARTS) is 1. The topological polar surface area (TPSA) is 95.5 Å². The third-order valence-electron chi connectivity index (χ3n) is 1.33. The number of carbonyl (C=O) groups is 3. The minimum Gasteiger partial charge on any atom is -0.481 e. The number of carboxylic acids is 1. The van der Waals surface area contributed by atoms with Crippen LogP contribution >= 0.6 is 0 Å². The molecule has 0 fully saturated rings. The van der Waals surface area contributed by atoms with Crippen LogP contribution in [0.3, 0.4) is 0 Å². The number of amides is 2. The number of halogens is 3. The number of hydrogen-bond donors (Lipinski definition) is 3. The first kappa shape index (κ1) is 14.2. The molecule has 0 aromatic rings. The molecule has 0 unspecified atom stereocenters. The molecule has 16 heavy (non-hydrogen) atoms. The largest absolute Gasteiger partial charge is 0.481 e. The number of hydrogen-bond acceptors (Lipinski definition) is 3. The van der Waals surface area contributed by atoms with Gasteiger partial charge in [0.15, 0.2) is 0 Å². The minimum atomic E-state index is -5.04. The highest BCUT2D eigenvalue weighted by atomic mass is 19.4. The van der Waals surface area contributed by atoms with Gasteiger partial charge in [-0.2, -0.15) is 13.2 Å². The number of aliphatic carboxylic acids is 1. The maximum absolute atomic E-state index is 11.6. The highest BCUT2D eigenvalue weighted by Gasteiger charge is 2.38. The first-order valence-corrected chi connectivity index (χ1v) is 4.07. The standard InChI is InChI=1S/C7H9F3N2O4/c8-7(9,10)6(16)12-3-4(13)11-2-1-5(14)15/h1-3H2,(H,11,13)(H,12,16)(H,14,15). The average molecular weight is 242 g/mol. The van der Waals surface area contributed by atoms with Crippen molar-refractivity contribution in [3.8, 4) is 0 Å². The van der Waals surface area contributed by atoms with Crippen molar-refractivity contribution in [1.82, 2.24) is 10.6 Å². The maximum atomic E-state index is 11.6. The zero-order valence-corrected chi connectivity index (χ0v) is 7.93. The molecule has 0 aliphatic heterocycles. The summed E-state index contributed by atoms with van der Waals surface area (Å²) in [5.74, 6) is -4.26. The molecule has 0 atom stereocenters. The molecule has 0 heterocycles. The first-order valence-electron chi connectivity index (χ1n) is 4.07. The lowest BCUT2D eigenvalue weighted by Crippen LogP contribution is -2.43. The molecule has 0 saturated carbocycles. The molecular formula is C7H9F3N2O4. The second kappa shape index (κ2) is 5.93. The van der Waals surface area contributed by atoms with Crippen LogP contribution in [0, 0.1) is 0 Å². The Morgan fingerprint density at radius 1 is 1.12 bits per heavy atom. The predicted molar refractivity (Wildman–Crippen MR) is 44.3 cm³/mol. The van der Waals surface area contributed by atoms with Crippen molar-refractivity contribution in [2.45, 2.75) is 12.6 Å². The van der Waals surface area contributed by atoms with Crippen LogP contribution in [-0.4, -0.2) is 42.2 Å². The molecular weight excluding hydrogens is 233 g/mol. The van der Waals surface area contributed by atoms with E-state index in [4.69, 9.17) is 5.11 Å². The Morgan fingerprint density at radius 2 is 1.69 bits per heavy atom. The van der Waals surface area contributed by atoms with Gasteiger partial charge in [-0.25, -0.2) is 0 Å². The van der Waals surface area contributed by atoms with Crippen molar-refractivity contribution in [3.63, 3.8) is 0 Å². The van der Waals surface area contributed by atoms with Crippen LogP contribution in [0.15, 0.2) is 0 Å². The van der Waals surface area contributed by atoms with E-state index in [0.29, 0.717) is 0 Å². The van der Waals surface area contributed by atoms with E-state index in [-0.39, 0.29) is 13.0 Å². The van der Waals surface area contributed by atoms with Crippen LogP contribution < -0.4 is 10.6 Å². The normalized spacial score (nSPS) is 10.7. The fourth-order valence-corrected chi connectivity index (χ4v) is 0.632. The van der Waals surface area contributed by atoms with Crippen molar-refractivity contribution < 1.29 is 32.7 Å². The van der Waals surface area contributed by atoms with Gasteiger partial charge in [-0.1, -0.05) is 0 Å². The zero-order chi connectivity index (χ0) is 12.8. The lowest BCUT2D eigenvalue weighted by Gasteiger charge is -2.07. The van der Waals surface area contributed by atoms with E-state index in [1.807, 2.05) is 5.32 Å². The molecule has 0 aliphatic carbocycles. The number of carbonyl (C=O) groups excluding carboxylic acids is 2. The van der Waals surface area contributed by atoms with E-state index in [9.17, 15) is 27.6 Å². The number of alkyl halides is 3. The smallest absolute Gasteiger partial charge is 0.471 e. The maximum Gasteiger partial charge on any atom is 0.471 e. The SMILES string of the molecule is O=C(O)CCNC(=O)CNC(=O)C(F)(F)F. The van der Waals surface area contributed by atoms with Crippen molar-refractivity contribution >= 4 is 17.8 Å². The van der Waals surface area contributed by atoms with E-state index in [2.05, 4.69) is 0 Å². The summed E-state index contributed by atoms with van der Waals surface area (Å²) in [6.07, 6.45) is -5.39. The Labute approximate surface area is 87.8 Å². The summed E-state index contributed by atoms with van der Waals surface area (Å²) in [4.78, 5) is 31.0. The van der Waals surface area contributed by atoms with Gasteiger partial charge in [-0.15, -0.1) is 0 Å². The summed E-state index contributed by atoms with van der Waals surface area (Å²) in [5.41, 5.74) is 0. The molecule has 0 aliphatic rings. The Bertz CT molecular complexity index is 290. The third kappa shape index (κ3) is 6.62. The van der Waals surface area contributed by atoms with Gasteiger partial charge < -0.3 is 15.7 Å². The van der Waals surface area contributed by atoms with Crippen molar-refractivity contribution in [3.05, 3.63) is 0 Å². The molecule has 6 nitrogen and oxygen atoms in total. The fourth-order valence-electron chi connectivity index (χ4n) is 0.632. The molecule has 92 valence electrons. The Kier molecular flexibility index (Phi) is 5.26. The highest BCUT2D eigenvalue weighted by molar-refractivity contribution is 5.87. The molecule has 0 aromatic heterocycles. The third-order valence-corrected chi connectivity index (χ3v) is 1.33. The van der Waals surface area contributed by atoms with Gasteiger partial charge >= 0.3 is 18.1 Å². The monoisotopic (exact) mass is 242 g/mol. The van der Waals surface area contributed by atoms with Crippen molar-refractivity contribution in [1.29, 1.82) is 0 Å². The van der Waals surface area contributed by atoms with Crippen LogP contribution in [0.1, 0.15) is 6.42 Å². The second-order valence-electron chi connectivity index (χ2n) is 2.67. The van der Waals surface area contributed by atoms with Gasteiger partial charge in [-0.05, 0) is 0 Å². The molecule has 0 aromatic carbocycles. The summed E-state index contributed by atoms with van der Waals surface area (Å²) >= 11 is 0. The van der Waals surface area contributed by atoms with E-state index >= 15 is 0 Å². The van der Waals surface area contributed by atoms with Gasteiger partial charge in [-0.3, -0.25) is 14.4 Å². The summed E-state index contributed by atoms with van der Waals surface area (Å²) < 4.78 is 34.9. The average Bonchev–Trinajstić information content (AvgIpc) is 2.11. The van der Waals surface area contributed by atoms with Gasteiger partial charge in [0.1, 0.15) is 0 Å². The Balaban J connectivity index is 3.74. The molecule has 0 bridgehead atoms. The lowest BCUT2D eigenvalue weighted by molar-refractivity contribution is -0.173. The molecule has 9 heteroatoms. The highest BCUT2D eigenvalue weighted by Crippen LogP contribution is 2.13. The van der Waals surface area contributed by atoms with Crippen LogP contribution in [0.2, 0.25) is 0 Å². The summed E-state index contributed by atoms with van der Waals surface area (Å²) in [6.45, 7) is -1.06. The van der Waals surface area contributed by atoms with Crippen LogP contribution in [0.4, 0.5) is 13.2 Å². The molecule has 2 amide bonds. The van der Waals surface area contributed by atoms with Gasteiger partial charge in [0.2, 0.25) is 5.91 Å². The van der Waals surface area contributed by atoms with E-state index in [0.717, 1.165) is 0 Å². The number of nitrogens with one attached hydrogen (secondary N) is 2. The zero-order valence-electron chi connectivity index (χ0n) is 7.93. The first-order chi connectivity index (χ1) is 7.23. The number of rotatable bonds is 5. The van der Waals surface area contributed by atoms with E-state index < -0.39 is 30.5 Å². The molecule has 0 radical (unpaired) electrons. The van der Waals surface area contributed by atoms with Gasteiger partial charge in [0.25, 0.3) is 0 Å². The van der Waals surface area contributed by atoms with Gasteiger partial charge in [0, 0.05) is 6.54 Å². The van der Waals surface area contributed by atoms with Crippen molar-refractivity contribution in [2.24, 2.45) is 0 Å². The van der Waals surface area contributed by atoms with Crippen LogP contribution in [0.5, 0.6) is 0 Å². The summed E-state index contributed by atoms with van der Waals surface area (Å²) in [5, 5.41) is 11.5. The molecule has 3 N–H and O–H groups in total. The van der Waals surface area contributed by atoms with Crippen LogP contribution in [0.25, 0.3) is 0 Å². The predicted octanol–water partition coefficient (Wildman–Crippen LogP) is -0.744. The molecule has 0 saturated heterocycles. The fraction of sp³-hybridized carbons (Fsp3) is 0.571. The summed E-state index contributed by atoms with van der Waals surface area (Å²) in [7, 11) is 0. The Morgan fingerprint density at radius 3 is 2.12 bits per heavy atom. The Hall–Kier alpha value is -1.80. The molecule has 0 rings (SSSR count). The lowest BCUT2D eigenvalue weighted by atomic mass is 10.4. The van der Waals surface area contributed by atoms with Gasteiger partial charge in [0.05, 0.1) is 13.0 Å². The molecule has 0 spiro atoms. The van der Waals surface area contributed by atoms with Crippen LogP contribution in [-0.2, 0) is 14.4 Å². The van der Waals surface area contributed by atoms with Crippen molar-refractivity contribution in [2.75, 3.05) is 13.1 Å². The second-order valence-corrected chi connectivity index (χ2v) is 2.67. The quantitative estimate of drug-likeness (QED) is 0.591.